The molecule has 0 unspecified atom stereocenters. The van der Waals surface area contributed by atoms with E-state index in [1.807, 2.05) is 54.6 Å². The zero-order valence-electron chi connectivity index (χ0n) is 17.9. The van der Waals surface area contributed by atoms with Crippen molar-refractivity contribution in [2.24, 2.45) is 5.92 Å². The van der Waals surface area contributed by atoms with Gasteiger partial charge in [-0.25, -0.2) is 0 Å². The van der Waals surface area contributed by atoms with Crippen LogP contribution in [0.1, 0.15) is 15.3 Å². The number of hydrogen-bond acceptors (Lipinski definition) is 6. The number of aliphatic carboxylic acids is 1. The first-order valence-corrected chi connectivity index (χ1v) is 11.5. The highest BCUT2D eigenvalue weighted by Crippen LogP contribution is 2.34. The maximum Gasteiger partial charge on any atom is 0.309 e. The minimum absolute atomic E-state index is 0.251. The van der Waals surface area contributed by atoms with Crippen molar-refractivity contribution in [1.82, 2.24) is 4.90 Å². The quantitative estimate of drug-likeness (QED) is 0.555. The van der Waals surface area contributed by atoms with Crippen molar-refractivity contribution in [3.05, 3.63) is 75.5 Å². The lowest BCUT2D eigenvalue weighted by atomic mass is 9.98. The highest BCUT2D eigenvalue weighted by molar-refractivity contribution is 7.13. The number of ether oxygens (including phenoxy) is 2. The fourth-order valence-corrected chi connectivity index (χ4v) is 4.99. The van der Waals surface area contributed by atoms with Gasteiger partial charge in [-0.05, 0) is 35.4 Å². The lowest BCUT2D eigenvalue weighted by Crippen LogP contribution is -2.51. The van der Waals surface area contributed by atoms with E-state index in [1.165, 1.54) is 11.3 Å². The van der Waals surface area contributed by atoms with Gasteiger partial charge in [0, 0.05) is 41.7 Å². The standard InChI is InChI=1S/C26H22N2O4S/c27-11-25-23(18-4-2-1-3-5-18)10-22(33-25)16-31-21-7-6-19-8-17(15-32-24(19)9-21)12-28-13-20(14-28)26(29)30/h1-10,20H,12-16H2,(H,29,30). The van der Waals surface area contributed by atoms with E-state index in [4.69, 9.17) is 14.6 Å². The number of benzene rings is 2. The normalized spacial score (nSPS) is 15.5. The Morgan fingerprint density at radius 1 is 1.21 bits per heavy atom. The molecule has 33 heavy (non-hydrogen) atoms. The fourth-order valence-electron chi connectivity index (χ4n) is 4.10. The number of nitrogens with zero attached hydrogens (tertiary/aromatic N) is 2. The van der Waals surface area contributed by atoms with Crippen molar-refractivity contribution in [3.63, 3.8) is 0 Å². The molecule has 1 N–H and O–H groups in total. The van der Waals surface area contributed by atoms with Gasteiger partial charge in [0.2, 0.25) is 0 Å². The molecule has 3 heterocycles. The van der Waals surface area contributed by atoms with E-state index in [1.54, 1.807) is 0 Å². The van der Waals surface area contributed by atoms with Gasteiger partial charge in [0.1, 0.15) is 35.7 Å². The number of carboxylic acid groups (broad SMARTS) is 1. The smallest absolute Gasteiger partial charge is 0.309 e. The molecule has 2 aromatic carbocycles. The zero-order chi connectivity index (χ0) is 22.8. The lowest BCUT2D eigenvalue weighted by Gasteiger charge is -2.37. The van der Waals surface area contributed by atoms with Crippen LogP contribution in [-0.4, -0.2) is 42.2 Å². The van der Waals surface area contributed by atoms with E-state index in [-0.39, 0.29) is 5.92 Å². The van der Waals surface area contributed by atoms with Crippen LogP contribution in [0.25, 0.3) is 17.2 Å². The number of thiophene rings is 1. The number of nitriles is 1. The van der Waals surface area contributed by atoms with Gasteiger partial charge < -0.3 is 14.6 Å². The van der Waals surface area contributed by atoms with Crippen molar-refractivity contribution in [1.29, 1.82) is 5.26 Å². The van der Waals surface area contributed by atoms with Crippen molar-refractivity contribution in [2.45, 2.75) is 6.61 Å². The average molecular weight is 459 g/mol. The Bertz CT molecular complexity index is 1250. The molecule has 0 spiro atoms. The van der Waals surface area contributed by atoms with Crippen molar-refractivity contribution in [3.8, 4) is 28.7 Å². The molecule has 3 aromatic rings. The number of fused-ring (bicyclic) bond motifs is 1. The van der Waals surface area contributed by atoms with Gasteiger partial charge in [0.25, 0.3) is 0 Å². The minimum atomic E-state index is -0.722. The van der Waals surface area contributed by atoms with Crippen LogP contribution in [-0.2, 0) is 11.4 Å². The molecule has 2 aliphatic heterocycles. The Labute approximate surface area is 195 Å². The second-order valence-corrected chi connectivity index (χ2v) is 9.38. The molecule has 166 valence electrons. The largest absolute Gasteiger partial charge is 0.488 e. The summed E-state index contributed by atoms with van der Waals surface area (Å²) >= 11 is 1.45. The molecule has 0 amide bonds. The van der Waals surface area contributed by atoms with Crippen LogP contribution >= 0.6 is 11.3 Å². The van der Waals surface area contributed by atoms with Gasteiger partial charge in [-0.15, -0.1) is 11.3 Å². The number of hydrogen-bond donors (Lipinski definition) is 1. The second-order valence-electron chi connectivity index (χ2n) is 8.24. The molecular formula is C26H22N2O4S. The van der Waals surface area contributed by atoms with Gasteiger partial charge in [0.05, 0.1) is 5.92 Å². The van der Waals surface area contributed by atoms with Crippen LogP contribution in [0.5, 0.6) is 11.5 Å². The number of likely N-dealkylation sites (tertiary alicyclic amines) is 1. The molecule has 0 bridgehead atoms. The minimum Gasteiger partial charge on any atom is -0.488 e. The van der Waals surface area contributed by atoms with E-state index in [0.717, 1.165) is 39.4 Å². The van der Waals surface area contributed by atoms with Crippen LogP contribution in [0.3, 0.4) is 0 Å². The summed E-state index contributed by atoms with van der Waals surface area (Å²) in [7, 11) is 0. The van der Waals surface area contributed by atoms with Gasteiger partial charge in [0.15, 0.2) is 0 Å². The van der Waals surface area contributed by atoms with Crippen molar-refractivity contribution in [2.75, 3.05) is 26.2 Å². The average Bonchev–Trinajstić information content (AvgIpc) is 3.23. The Kier molecular flexibility index (Phi) is 5.86. The van der Waals surface area contributed by atoms with Gasteiger partial charge >= 0.3 is 5.97 Å². The molecule has 5 rings (SSSR count). The molecule has 1 fully saturated rings. The lowest BCUT2D eigenvalue weighted by molar-refractivity contribution is -0.147. The van der Waals surface area contributed by atoms with E-state index in [0.29, 0.717) is 36.9 Å². The number of carboxylic acids is 1. The molecule has 2 aliphatic rings. The third-order valence-electron chi connectivity index (χ3n) is 5.84. The Morgan fingerprint density at radius 2 is 2.03 bits per heavy atom. The highest BCUT2D eigenvalue weighted by atomic mass is 32.1. The maximum atomic E-state index is 11.0. The molecule has 0 atom stereocenters. The first-order chi connectivity index (χ1) is 16.1. The first-order valence-electron chi connectivity index (χ1n) is 10.7. The summed E-state index contributed by atoms with van der Waals surface area (Å²) in [5.41, 5.74) is 4.09. The molecule has 1 saturated heterocycles. The highest BCUT2D eigenvalue weighted by Gasteiger charge is 2.32. The third kappa shape index (κ3) is 4.63. The van der Waals surface area contributed by atoms with E-state index >= 15 is 0 Å². The molecule has 7 heteroatoms. The summed E-state index contributed by atoms with van der Waals surface area (Å²) in [6.45, 7) is 2.78. The summed E-state index contributed by atoms with van der Waals surface area (Å²) in [6.07, 6.45) is 2.11. The van der Waals surface area contributed by atoms with Gasteiger partial charge in [-0.1, -0.05) is 30.3 Å². The molecule has 0 radical (unpaired) electrons. The Morgan fingerprint density at radius 3 is 2.79 bits per heavy atom. The summed E-state index contributed by atoms with van der Waals surface area (Å²) in [5, 5.41) is 18.5. The van der Waals surface area contributed by atoms with Crippen LogP contribution in [0.2, 0.25) is 0 Å². The Hall–Kier alpha value is -3.60. The van der Waals surface area contributed by atoms with Crippen LogP contribution in [0.4, 0.5) is 0 Å². The van der Waals surface area contributed by atoms with E-state index in [9.17, 15) is 10.1 Å². The molecular weight excluding hydrogens is 436 g/mol. The zero-order valence-corrected chi connectivity index (χ0v) is 18.7. The topological polar surface area (TPSA) is 82.8 Å². The Balaban J connectivity index is 1.22. The van der Waals surface area contributed by atoms with Gasteiger partial charge in [-0.3, -0.25) is 9.69 Å². The van der Waals surface area contributed by atoms with Gasteiger partial charge in [-0.2, -0.15) is 5.26 Å². The second kappa shape index (κ2) is 9.10. The van der Waals surface area contributed by atoms with Crippen LogP contribution < -0.4 is 9.47 Å². The summed E-state index contributed by atoms with van der Waals surface area (Å²) < 4.78 is 11.9. The molecule has 6 nitrogen and oxygen atoms in total. The number of carbonyl (C=O) groups is 1. The van der Waals surface area contributed by atoms with E-state index < -0.39 is 5.97 Å². The number of rotatable bonds is 7. The van der Waals surface area contributed by atoms with Crippen molar-refractivity contribution < 1.29 is 19.4 Å². The monoisotopic (exact) mass is 458 g/mol. The van der Waals surface area contributed by atoms with Crippen LogP contribution in [0.15, 0.2) is 60.2 Å². The molecule has 1 aromatic heterocycles. The summed E-state index contributed by atoms with van der Waals surface area (Å²) in [5.74, 6) is 0.516. The SMILES string of the molecule is N#Cc1sc(COc2ccc3c(c2)OCC(CN2CC(C(=O)O)C2)=C3)cc1-c1ccccc1. The summed E-state index contributed by atoms with van der Waals surface area (Å²) in [4.78, 5) is 14.8. The summed E-state index contributed by atoms with van der Waals surface area (Å²) in [6, 6.07) is 20.0. The molecule has 0 saturated carbocycles. The third-order valence-corrected chi connectivity index (χ3v) is 6.85. The van der Waals surface area contributed by atoms with Crippen molar-refractivity contribution >= 4 is 23.4 Å². The predicted molar refractivity (Wildman–Crippen MR) is 126 cm³/mol. The van der Waals surface area contributed by atoms with E-state index in [2.05, 4.69) is 17.0 Å². The first kappa shape index (κ1) is 21.3. The van der Waals surface area contributed by atoms with Crippen LogP contribution in [0, 0.1) is 17.2 Å². The maximum absolute atomic E-state index is 11.0. The fraction of sp³-hybridized carbons (Fsp3) is 0.231. The predicted octanol–water partition coefficient (Wildman–Crippen LogP) is 4.66. The molecule has 0 aliphatic carbocycles.